The van der Waals surface area contributed by atoms with Crippen molar-refractivity contribution in [1.29, 1.82) is 0 Å². The molecule has 1 N–H and O–H groups in total. The molecule has 0 unspecified atom stereocenters. The second kappa shape index (κ2) is 10.5. The Bertz CT molecular complexity index is 1240. The molecule has 2 heterocycles. The third-order valence-electron chi connectivity index (χ3n) is 5.81. The Morgan fingerprint density at radius 1 is 1.15 bits per heavy atom. The van der Waals surface area contributed by atoms with Gasteiger partial charge in [0.05, 0.1) is 18.1 Å². The van der Waals surface area contributed by atoms with Gasteiger partial charge in [0.2, 0.25) is 15.9 Å². The number of carbonyl (C=O) groups excluding carboxylic acids is 1. The monoisotopic (exact) mass is 486 g/mol. The van der Waals surface area contributed by atoms with E-state index in [1.54, 1.807) is 66.5 Å². The van der Waals surface area contributed by atoms with Crippen LogP contribution >= 0.6 is 0 Å². The fraction of sp³-hybridized carbons (Fsp3) is 0.333. The molecular formula is C24H27FN4O4S. The Morgan fingerprint density at radius 2 is 1.85 bits per heavy atom. The zero-order valence-electron chi connectivity index (χ0n) is 18.9. The first kappa shape index (κ1) is 24.1. The summed E-state index contributed by atoms with van der Waals surface area (Å²) >= 11 is 0. The van der Waals surface area contributed by atoms with E-state index in [0.717, 1.165) is 5.56 Å². The van der Waals surface area contributed by atoms with E-state index < -0.39 is 21.9 Å². The highest BCUT2D eigenvalue weighted by Gasteiger charge is 2.26. The molecule has 0 saturated carbocycles. The predicted molar refractivity (Wildman–Crippen MR) is 124 cm³/mol. The van der Waals surface area contributed by atoms with Crippen LogP contribution in [-0.4, -0.2) is 54.5 Å². The number of nitrogens with one attached hydrogen (secondary N) is 1. The summed E-state index contributed by atoms with van der Waals surface area (Å²) < 4.78 is 48.4. The summed E-state index contributed by atoms with van der Waals surface area (Å²) in [7, 11) is -1.77. The first-order valence-corrected chi connectivity index (χ1v) is 12.5. The van der Waals surface area contributed by atoms with Crippen molar-refractivity contribution in [2.45, 2.75) is 23.8 Å². The number of hydrogen-bond acceptors (Lipinski definition) is 5. The minimum atomic E-state index is -3.56. The van der Waals surface area contributed by atoms with E-state index in [-0.39, 0.29) is 17.2 Å². The van der Waals surface area contributed by atoms with Crippen LogP contribution in [0.4, 0.5) is 4.39 Å². The Balaban J connectivity index is 1.41. The maximum atomic E-state index is 14.5. The third-order valence-corrected chi connectivity index (χ3v) is 7.72. The molecule has 0 spiro atoms. The van der Waals surface area contributed by atoms with Gasteiger partial charge in [-0.05, 0) is 30.2 Å². The van der Waals surface area contributed by atoms with Gasteiger partial charge in [0.15, 0.2) is 0 Å². The highest BCUT2D eigenvalue weighted by atomic mass is 32.2. The lowest BCUT2D eigenvalue weighted by Crippen LogP contribution is -2.40. The van der Waals surface area contributed by atoms with Crippen LogP contribution in [0.5, 0.6) is 0 Å². The van der Waals surface area contributed by atoms with E-state index in [4.69, 9.17) is 4.74 Å². The lowest BCUT2D eigenvalue weighted by atomic mass is 10.0. The normalized spacial score (nSPS) is 15.7. The predicted octanol–water partition coefficient (Wildman–Crippen LogP) is 2.42. The summed E-state index contributed by atoms with van der Waals surface area (Å²) in [6, 6.07) is 12.1. The smallest absolute Gasteiger partial charge is 0.243 e. The molecule has 1 aromatic heterocycles. The molecule has 0 bridgehead atoms. The molecule has 3 aromatic rings. The average molecular weight is 487 g/mol. The SMILES string of the molecule is Cn1ccnc1[C@@H](NC(=O)CCc1ccc(S(=O)(=O)N2CCOCC2)cc1)c1ccccc1F. The number of imidazole rings is 1. The van der Waals surface area contributed by atoms with Gasteiger partial charge in [-0.1, -0.05) is 30.3 Å². The summed E-state index contributed by atoms with van der Waals surface area (Å²) in [5.74, 6) is -0.162. The number of morpholine rings is 1. The summed E-state index contributed by atoms with van der Waals surface area (Å²) in [5.41, 5.74) is 1.17. The number of carbonyl (C=O) groups is 1. The van der Waals surface area contributed by atoms with Gasteiger partial charge in [-0.2, -0.15) is 4.31 Å². The lowest BCUT2D eigenvalue weighted by molar-refractivity contribution is -0.121. The molecule has 180 valence electrons. The van der Waals surface area contributed by atoms with Crippen LogP contribution in [0, 0.1) is 5.82 Å². The molecule has 2 aromatic carbocycles. The summed E-state index contributed by atoms with van der Waals surface area (Å²) in [5, 5.41) is 2.89. The summed E-state index contributed by atoms with van der Waals surface area (Å²) in [4.78, 5) is 17.3. The van der Waals surface area contributed by atoms with E-state index in [0.29, 0.717) is 44.1 Å². The number of nitrogens with zero attached hydrogens (tertiary/aromatic N) is 3. The number of sulfonamides is 1. The number of rotatable bonds is 8. The number of amides is 1. The summed E-state index contributed by atoms with van der Waals surface area (Å²) in [6.07, 6.45) is 3.91. The molecule has 0 radical (unpaired) electrons. The summed E-state index contributed by atoms with van der Waals surface area (Å²) in [6.45, 7) is 1.45. The van der Waals surface area contributed by atoms with Gasteiger partial charge in [0, 0.05) is 44.5 Å². The van der Waals surface area contributed by atoms with Gasteiger partial charge >= 0.3 is 0 Å². The molecule has 1 amide bonds. The fourth-order valence-electron chi connectivity index (χ4n) is 3.90. The van der Waals surface area contributed by atoms with Crippen molar-refractivity contribution in [2.75, 3.05) is 26.3 Å². The van der Waals surface area contributed by atoms with E-state index in [1.165, 1.54) is 10.4 Å². The molecule has 10 heteroatoms. The zero-order chi connectivity index (χ0) is 24.1. The van der Waals surface area contributed by atoms with Crippen LogP contribution in [-0.2, 0) is 33.0 Å². The highest BCUT2D eigenvalue weighted by molar-refractivity contribution is 7.89. The van der Waals surface area contributed by atoms with E-state index in [1.807, 2.05) is 0 Å². The molecule has 1 aliphatic heterocycles. The molecular weight excluding hydrogens is 459 g/mol. The maximum Gasteiger partial charge on any atom is 0.243 e. The van der Waals surface area contributed by atoms with Crippen molar-refractivity contribution < 1.29 is 22.3 Å². The molecule has 1 saturated heterocycles. The van der Waals surface area contributed by atoms with Crippen LogP contribution < -0.4 is 5.32 Å². The van der Waals surface area contributed by atoms with Crippen LogP contribution in [0.2, 0.25) is 0 Å². The molecule has 4 rings (SSSR count). The van der Waals surface area contributed by atoms with E-state index in [2.05, 4.69) is 10.3 Å². The minimum absolute atomic E-state index is 0.158. The van der Waals surface area contributed by atoms with Crippen LogP contribution in [0.25, 0.3) is 0 Å². The van der Waals surface area contributed by atoms with E-state index in [9.17, 15) is 17.6 Å². The van der Waals surface area contributed by atoms with Crippen LogP contribution in [0.3, 0.4) is 0 Å². The Hall–Kier alpha value is -3.08. The number of halogens is 1. The molecule has 0 aliphatic carbocycles. The van der Waals surface area contributed by atoms with Crippen LogP contribution in [0.15, 0.2) is 65.8 Å². The number of aryl methyl sites for hydroxylation is 2. The van der Waals surface area contributed by atoms with Crippen molar-refractivity contribution in [3.8, 4) is 0 Å². The van der Waals surface area contributed by atoms with Gasteiger partial charge in [0.25, 0.3) is 0 Å². The zero-order valence-corrected chi connectivity index (χ0v) is 19.7. The van der Waals surface area contributed by atoms with Crippen molar-refractivity contribution in [3.63, 3.8) is 0 Å². The number of ether oxygens (including phenoxy) is 1. The van der Waals surface area contributed by atoms with Crippen LogP contribution in [0.1, 0.15) is 29.4 Å². The maximum absolute atomic E-state index is 14.5. The van der Waals surface area contributed by atoms with Gasteiger partial charge < -0.3 is 14.6 Å². The highest BCUT2D eigenvalue weighted by Crippen LogP contribution is 2.23. The van der Waals surface area contributed by atoms with E-state index >= 15 is 0 Å². The Kier molecular flexibility index (Phi) is 7.40. The Morgan fingerprint density at radius 3 is 2.50 bits per heavy atom. The lowest BCUT2D eigenvalue weighted by Gasteiger charge is -2.26. The topological polar surface area (TPSA) is 93.5 Å². The quantitative estimate of drug-likeness (QED) is 0.528. The first-order chi connectivity index (χ1) is 16.4. The largest absolute Gasteiger partial charge is 0.379 e. The minimum Gasteiger partial charge on any atom is -0.379 e. The molecule has 1 aliphatic rings. The van der Waals surface area contributed by atoms with Crippen molar-refractivity contribution in [3.05, 3.63) is 83.7 Å². The fourth-order valence-corrected chi connectivity index (χ4v) is 5.31. The van der Waals surface area contributed by atoms with Gasteiger partial charge in [-0.3, -0.25) is 4.79 Å². The molecule has 8 nitrogen and oxygen atoms in total. The Labute approximate surface area is 198 Å². The van der Waals surface area contributed by atoms with Gasteiger partial charge in [-0.25, -0.2) is 17.8 Å². The molecule has 1 fully saturated rings. The third kappa shape index (κ3) is 5.35. The number of aromatic nitrogens is 2. The van der Waals surface area contributed by atoms with Crippen molar-refractivity contribution in [2.24, 2.45) is 7.05 Å². The molecule has 34 heavy (non-hydrogen) atoms. The number of hydrogen-bond donors (Lipinski definition) is 1. The second-order valence-electron chi connectivity index (χ2n) is 8.08. The molecule has 1 atom stereocenters. The average Bonchev–Trinajstić information content (AvgIpc) is 3.28. The standard InChI is InChI=1S/C24H27FN4O4S/c1-28-13-12-26-24(28)23(20-4-2-3-5-21(20)25)27-22(30)11-8-18-6-9-19(10-7-18)34(31,32)29-14-16-33-17-15-29/h2-7,9-10,12-13,23H,8,11,14-17H2,1H3,(H,27,30)/t23-/m0/s1. The number of benzene rings is 2. The first-order valence-electron chi connectivity index (χ1n) is 11.0. The van der Waals surface area contributed by atoms with Gasteiger partial charge in [0.1, 0.15) is 17.7 Å². The van der Waals surface area contributed by atoms with Crippen molar-refractivity contribution >= 4 is 15.9 Å². The van der Waals surface area contributed by atoms with Gasteiger partial charge in [-0.15, -0.1) is 0 Å². The van der Waals surface area contributed by atoms with Crippen molar-refractivity contribution in [1.82, 2.24) is 19.2 Å². The second-order valence-corrected chi connectivity index (χ2v) is 10.0.